The summed E-state index contributed by atoms with van der Waals surface area (Å²) in [5.74, 6) is -2.03. The second-order valence-corrected chi connectivity index (χ2v) is 6.89. The van der Waals surface area contributed by atoms with Crippen LogP contribution < -0.4 is 10.9 Å². The second kappa shape index (κ2) is 8.97. The molecule has 1 aromatic carbocycles. The Morgan fingerprint density at radius 2 is 1.87 bits per heavy atom. The SMILES string of the molecule is CCOC(=O)c1c(NC(=O)c2cnc(-c3ccc(Cl)cc3)[nH]c2=O)oc(C)c1C(C)=O. The molecule has 0 fully saturated rings. The zero-order valence-electron chi connectivity index (χ0n) is 16.9. The maximum Gasteiger partial charge on any atom is 0.344 e. The van der Waals surface area contributed by atoms with Crippen LogP contribution in [0, 0.1) is 6.92 Å². The summed E-state index contributed by atoms with van der Waals surface area (Å²) < 4.78 is 10.4. The number of esters is 1. The van der Waals surface area contributed by atoms with Gasteiger partial charge in [0.15, 0.2) is 5.78 Å². The van der Waals surface area contributed by atoms with Gasteiger partial charge in [-0.3, -0.25) is 19.7 Å². The van der Waals surface area contributed by atoms with Gasteiger partial charge in [0.2, 0.25) is 5.88 Å². The van der Waals surface area contributed by atoms with Gasteiger partial charge in [0.1, 0.15) is 22.7 Å². The highest BCUT2D eigenvalue weighted by Gasteiger charge is 2.29. The largest absolute Gasteiger partial charge is 0.462 e. The fraction of sp³-hybridized carbons (Fsp3) is 0.190. The minimum absolute atomic E-state index is 0.00105. The van der Waals surface area contributed by atoms with Crippen LogP contribution in [-0.2, 0) is 4.74 Å². The van der Waals surface area contributed by atoms with E-state index in [1.54, 1.807) is 31.2 Å². The molecule has 2 aromatic heterocycles. The number of Topliss-reactive ketones (excluding diaryl/α,β-unsaturated/α-hetero) is 1. The summed E-state index contributed by atoms with van der Waals surface area (Å²) >= 11 is 5.85. The van der Waals surface area contributed by atoms with E-state index in [4.69, 9.17) is 20.8 Å². The molecule has 3 aromatic rings. The van der Waals surface area contributed by atoms with Crippen molar-refractivity contribution in [1.29, 1.82) is 0 Å². The van der Waals surface area contributed by atoms with Crippen LogP contribution >= 0.6 is 11.6 Å². The number of carbonyl (C=O) groups is 3. The molecule has 0 bridgehead atoms. The van der Waals surface area contributed by atoms with Crippen LogP contribution in [0.3, 0.4) is 0 Å². The van der Waals surface area contributed by atoms with E-state index in [-0.39, 0.29) is 40.8 Å². The number of nitrogens with one attached hydrogen (secondary N) is 2. The number of aromatic amines is 1. The van der Waals surface area contributed by atoms with E-state index in [2.05, 4.69) is 15.3 Å². The van der Waals surface area contributed by atoms with Crippen LogP contribution in [0.15, 0.2) is 39.7 Å². The smallest absolute Gasteiger partial charge is 0.344 e. The molecule has 3 rings (SSSR count). The fourth-order valence-corrected chi connectivity index (χ4v) is 3.06. The zero-order chi connectivity index (χ0) is 22.7. The minimum Gasteiger partial charge on any atom is -0.462 e. The van der Waals surface area contributed by atoms with E-state index in [1.807, 2.05) is 0 Å². The van der Waals surface area contributed by atoms with Gasteiger partial charge in [0, 0.05) is 16.8 Å². The predicted molar refractivity (Wildman–Crippen MR) is 113 cm³/mol. The van der Waals surface area contributed by atoms with E-state index in [0.717, 1.165) is 6.20 Å². The number of amides is 1. The quantitative estimate of drug-likeness (QED) is 0.439. The highest BCUT2D eigenvalue weighted by atomic mass is 35.5. The van der Waals surface area contributed by atoms with Gasteiger partial charge in [-0.25, -0.2) is 9.78 Å². The molecule has 2 N–H and O–H groups in total. The monoisotopic (exact) mass is 443 g/mol. The first kappa shape index (κ1) is 22.0. The number of hydrogen-bond acceptors (Lipinski definition) is 7. The molecule has 0 spiro atoms. The Kier molecular flexibility index (Phi) is 6.36. The van der Waals surface area contributed by atoms with Crippen molar-refractivity contribution in [3.05, 3.63) is 68.3 Å². The molecule has 0 unspecified atom stereocenters. The third-order valence-electron chi connectivity index (χ3n) is 4.30. The lowest BCUT2D eigenvalue weighted by molar-refractivity contribution is 0.0524. The average Bonchev–Trinajstić information content (AvgIpc) is 3.04. The molecule has 2 heterocycles. The van der Waals surface area contributed by atoms with E-state index < -0.39 is 23.2 Å². The number of carbonyl (C=O) groups excluding carboxylic acids is 3. The normalized spacial score (nSPS) is 10.6. The summed E-state index contributed by atoms with van der Waals surface area (Å²) in [7, 11) is 0. The topological polar surface area (TPSA) is 131 Å². The summed E-state index contributed by atoms with van der Waals surface area (Å²) in [4.78, 5) is 56.0. The summed E-state index contributed by atoms with van der Waals surface area (Å²) in [5, 5.41) is 2.88. The minimum atomic E-state index is -0.870. The molecule has 0 aliphatic rings. The van der Waals surface area contributed by atoms with Crippen LogP contribution in [0.25, 0.3) is 11.4 Å². The molecule has 9 nitrogen and oxygen atoms in total. The lowest BCUT2D eigenvalue weighted by Gasteiger charge is -2.06. The number of ether oxygens (including phenoxy) is 1. The first-order valence-electron chi connectivity index (χ1n) is 9.21. The molecule has 1 amide bonds. The lowest BCUT2D eigenvalue weighted by atomic mass is 10.1. The van der Waals surface area contributed by atoms with Gasteiger partial charge in [-0.2, -0.15) is 0 Å². The number of anilines is 1. The maximum absolute atomic E-state index is 12.7. The zero-order valence-corrected chi connectivity index (χ0v) is 17.6. The summed E-state index contributed by atoms with van der Waals surface area (Å²) in [6.07, 6.45) is 1.10. The number of rotatable bonds is 6. The maximum atomic E-state index is 12.7. The van der Waals surface area contributed by atoms with Crippen LogP contribution in [0.4, 0.5) is 5.88 Å². The van der Waals surface area contributed by atoms with E-state index >= 15 is 0 Å². The van der Waals surface area contributed by atoms with E-state index in [0.29, 0.717) is 10.6 Å². The summed E-state index contributed by atoms with van der Waals surface area (Å²) in [6.45, 7) is 4.40. The van der Waals surface area contributed by atoms with Gasteiger partial charge in [-0.15, -0.1) is 0 Å². The number of aryl methyl sites for hydroxylation is 1. The standard InChI is InChI=1S/C21H18ClN3O6/c1-4-30-21(29)16-15(10(2)26)11(3)31-20(16)25-19(28)14-9-23-17(24-18(14)27)12-5-7-13(22)8-6-12/h5-9H,4H2,1-3H3,(H,25,28)(H,23,24,27). The molecule has 0 saturated carbocycles. The molecule has 0 radical (unpaired) electrons. The van der Waals surface area contributed by atoms with Gasteiger partial charge in [-0.05, 0) is 45.0 Å². The van der Waals surface area contributed by atoms with Crippen molar-refractivity contribution in [1.82, 2.24) is 9.97 Å². The van der Waals surface area contributed by atoms with Crippen LogP contribution in [0.5, 0.6) is 0 Å². The van der Waals surface area contributed by atoms with Gasteiger partial charge in [0.25, 0.3) is 11.5 Å². The summed E-state index contributed by atoms with van der Waals surface area (Å²) in [6, 6.07) is 6.61. The summed E-state index contributed by atoms with van der Waals surface area (Å²) in [5.41, 5.74) is -0.622. The Morgan fingerprint density at radius 1 is 1.19 bits per heavy atom. The Bertz CT molecular complexity index is 1230. The van der Waals surface area contributed by atoms with Crippen molar-refractivity contribution >= 4 is 35.1 Å². The number of ketones is 1. The molecule has 160 valence electrons. The number of nitrogens with zero attached hydrogens (tertiary/aromatic N) is 1. The van der Waals surface area contributed by atoms with Gasteiger partial charge >= 0.3 is 5.97 Å². The van der Waals surface area contributed by atoms with Crippen molar-refractivity contribution in [2.75, 3.05) is 11.9 Å². The van der Waals surface area contributed by atoms with Gasteiger partial charge in [0.05, 0.1) is 12.2 Å². The molecular weight excluding hydrogens is 426 g/mol. The van der Waals surface area contributed by atoms with E-state index in [1.165, 1.54) is 13.8 Å². The fourth-order valence-electron chi connectivity index (χ4n) is 2.94. The molecule has 0 aliphatic carbocycles. The third kappa shape index (κ3) is 4.56. The highest BCUT2D eigenvalue weighted by Crippen LogP contribution is 2.29. The molecule has 0 aliphatic heterocycles. The lowest BCUT2D eigenvalue weighted by Crippen LogP contribution is -2.25. The Morgan fingerprint density at radius 3 is 2.45 bits per heavy atom. The number of H-pyrrole nitrogens is 1. The van der Waals surface area contributed by atoms with Crippen LogP contribution in [0.2, 0.25) is 5.02 Å². The molecule has 0 atom stereocenters. The van der Waals surface area contributed by atoms with Crippen molar-refractivity contribution < 1.29 is 23.5 Å². The number of furan rings is 1. The highest BCUT2D eigenvalue weighted by molar-refractivity contribution is 6.30. The van der Waals surface area contributed by atoms with Crippen molar-refractivity contribution in [2.24, 2.45) is 0 Å². The predicted octanol–water partition coefficient (Wildman–Crippen LogP) is 3.62. The average molecular weight is 444 g/mol. The van der Waals surface area contributed by atoms with Crippen molar-refractivity contribution in [3.63, 3.8) is 0 Å². The van der Waals surface area contributed by atoms with Crippen molar-refractivity contribution in [3.8, 4) is 11.4 Å². The number of aromatic nitrogens is 2. The molecule has 31 heavy (non-hydrogen) atoms. The number of benzene rings is 1. The Balaban J connectivity index is 1.94. The van der Waals surface area contributed by atoms with Gasteiger partial charge < -0.3 is 14.1 Å². The third-order valence-corrected chi connectivity index (χ3v) is 4.56. The first-order chi connectivity index (χ1) is 14.7. The van der Waals surface area contributed by atoms with Gasteiger partial charge in [-0.1, -0.05) is 11.6 Å². The molecule has 0 saturated heterocycles. The van der Waals surface area contributed by atoms with Crippen LogP contribution in [-0.4, -0.2) is 34.2 Å². The van der Waals surface area contributed by atoms with Crippen molar-refractivity contribution in [2.45, 2.75) is 20.8 Å². The molecule has 10 heteroatoms. The van der Waals surface area contributed by atoms with Crippen LogP contribution in [0.1, 0.15) is 50.7 Å². The Hall–Kier alpha value is -3.72. The van der Waals surface area contributed by atoms with E-state index in [9.17, 15) is 19.2 Å². The molecular formula is C21H18ClN3O6. The Labute approximate surface area is 181 Å². The number of hydrogen-bond donors (Lipinski definition) is 2. The second-order valence-electron chi connectivity index (χ2n) is 6.45. The number of halogens is 1. The first-order valence-corrected chi connectivity index (χ1v) is 9.58.